The number of halogens is 4. The first-order valence-corrected chi connectivity index (χ1v) is 15.6. The number of nitrogens with zero attached hydrogens (tertiary/aromatic N) is 4. The molecule has 0 radical (unpaired) electrons. The van der Waals surface area contributed by atoms with E-state index in [0.29, 0.717) is 11.4 Å². The fraction of sp³-hybridized carbons (Fsp3) is 0.0769. The summed E-state index contributed by atoms with van der Waals surface area (Å²) in [5, 5.41) is 0. The Hall–Kier alpha value is -5.96. The lowest BCUT2D eigenvalue weighted by Gasteiger charge is -2.49. The van der Waals surface area contributed by atoms with Crippen molar-refractivity contribution in [2.45, 2.75) is 5.66 Å². The van der Waals surface area contributed by atoms with Gasteiger partial charge in [-0.1, -0.05) is 72.8 Å². The minimum Gasteiger partial charge on any atom is -0.451 e. The highest BCUT2D eigenvalue weighted by Gasteiger charge is 2.57. The molecule has 5 nitrogen and oxygen atoms in total. The molecule has 1 aliphatic carbocycles. The third-order valence-electron chi connectivity index (χ3n) is 9.97. The van der Waals surface area contributed by atoms with Gasteiger partial charge in [0.05, 0.1) is 47.5 Å². The number of para-hydroxylation sites is 4. The third-order valence-corrected chi connectivity index (χ3v) is 9.97. The average Bonchev–Trinajstić information content (AvgIpc) is 3.76. The second kappa shape index (κ2) is 9.54. The first-order valence-electron chi connectivity index (χ1n) is 15.6. The van der Waals surface area contributed by atoms with Crippen LogP contribution in [-0.4, -0.2) is 13.3 Å². The van der Waals surface area contributed by atoms with E-state index in [4.69, 9.17) is 4.74 Å². The lowest BCUT2D eigenvalue weighted by atomic mass is 9.92. The van der Waals surface area contributed by atoms with Crippen LogP contribution >= 0.6 is 0 Å². The van der Waals surface area contributed by atoms with E-state index >= 15 is 17.6 Å². The van der Waals surface area contributed by atoms with E-state index < -0.39 is 28.9 Å². The Morgan fingerprint density at radius 3 is 1.29 bits per heavy atom. The molecule has 6 aromatic carbocycles. The van der Waals surface area contributed by atoms with Crippen molar-refractivity contribution in [2.75, 3.05) is 32.9 Å². The van der Waals surface area contributed by atoms with Crippen molar-refractivity contribution in [3.63, 3.8) is 0 Å². The zero-order chi connectivity index (χ0) is 32.3. The Morgan fingerprint density at radius 1 is 0.438 bits per heavy atom. The molecular formula is C39H24F4N4O. The molecule has 0 saturated carbocycles. The largest absolute Gasteiger partial charge is 0.451 e. The number of fused-ring (bicyclic) bond motifs is 23. The Kier molecular flexibility index (Phi) is 5.40. The van der Waals surface area contributed by atoms with Crippen LogP contribution < -0.4 is 24.3 Å². The Labute approximate surface area is 273 Å². The van der Waals surface area contributed by atoms with Crippen molar-refractivity contribution >= 4 is 34.1 Å². The molecule has 10 rings (SSSR count). The van der Waals surface area contributed by atoms with Gasteiger partial charge in [-0.15, -0.1) is 0 Å². The van der Waals surface area contributed by atoms with Gasteiger partial charge >= 0.3 is 0 Å². The van der Waals surface area contributed by atoms with Gasteiger partial charge in [0.25, 0.3) is 0 Å². The summed E-state index contributed by atoms with van der Waals surface area (Å²) in [5.41, 5.74) is 6.20. The number of hydrogen-bond acceptors (Lipinski definition) is 5. The lowest BCUT2D eigenvalue weighted by molar-refractivity contribution is 0.408. The minimum atomic E-state index is -1.03. The molecule has 0 fully saturated rings. The number of anilines is 6. The van der Waals surface area contributed by atoms with Crippen LogP contribution in [-0.2, 0) is 5.66 Å². The first-order chi connectivity index (χ1) is 23.4. The van der Waals surface area contributed by atoms with Crippen LogP contribution in [0.15, 0.2) is 121 Å². The summed E-state index contributed by atoms with van der Waals surface area (Å²) in [6.07, 6.45) is 0. The van der Waals surface area contributed by atoms with Gasteiger partial charge in [0, 0.05) is 35.4 Å². The van der Waals surface area contributed by atoms with Gasteiger partial charge < -0.3 is 24.3 Å². The van der Waals surface area contributed by atoms with Gasteiger partial charge in [0.1, 0.15) is 11.6 Å². The Morgan fingerprint density at radius 2 is 0.833 bits per heavy atom. The monoisotopic (exact) mass is 640 g/mol. The highest BCUT2D eigenvalue weighted by Crippen LogP contribution is 2.61. The third kappa shape index (κ3) is 3.40. The SMILES string of the molecule is Fc1cc(F)c2cc1Oc1cc(c(F)cc1F)N1CN(c3ccccc31)C1(c3ccccc3-c3ccccc31)N1CN2c2ccccc21. The minimum absolute atomic E-state index is 0.0549. The van der Waals surface area contributed by atoms with E-state index in [0.717, 1.165) is 45.8 Å². The fourth-order valence-corrected chi connectivity index (χ4v) is 8.04. The van der Waals surface area contributed by atoms with Crippen molar-refractivity contribution in [2.24, 2.45) is 0 Å². The van der Waals surface area contributed by atoms with E-state index in [2.05, 4.69) is 34.1 Å². The maximum Gasteiger partial charge on any atom is 0.170 e. The summed E-state index contributed by atoms with van der Waals surface area (Å²) < 4.78 is 68.4. The molecule has 3 aliphatic heterocycles. The van der Waals surface area contributed by atoms with Crippen LogP contribution in [0.25, 0.3) is 11.1 Å². The number of hydrogen-bond donors (Lipinski definition) is 0. The number of benzene rings is 6. The second-order valence-electron chi connectivity index (χ2n) is 12.3. The molecule has 0 atom stereocenters. The van der Waals surface area contributed by atoms with Crippen LogP contribution in [0.1, 0.15) is 11.1 Å². The van der Waals surface area contributed by atoms with Gasteiger partial charge in [-0.2, -0.15) is 0 Å². The van der Waals surface area contributed by atoms with Gasteiger partial charge in [0.2, 0.25) is 0 Å². The van der Waals surface area contributed by atoms with Crippen molar-refractivity contribution in [3.05, 3.63) is 156 Å². The molecular weight excluding hydrogens is 616 g/mol. The number of rotatable bonds is 0. The lowest BCUT2D eigenvalue weighted by Crippen LogP contribution is -2.59. The molecule has 0 N–H and O–H groups in total. The second-order valence-corrected chi connectivity index (χ2v) is 12.3. The normalized spacial score (nSPS) is 15.9. The predicted octanol–water partition coefficient (Wildman–Crippen LogP) is 9.76. The molecule has 6 aromatic rings. The standard InChI is InChI=1S/C39H24F4N4O/c40-27-17-29(42)37-19-35(27)44-21-46(33-15-7-5-13-31(33)44)39(25-11-3-1-9-23(25)24-10-2-4-12-26(24)39)47-22-45(32-14-6-8-16-34(32)47)36-20-38(48-37)30(43)18-28(36)41/h1-20H,21-22H2. The predicted molar refractivity (Wildman–Crippen MR) is 177 cm³/mol. The Balaban J connectivity index is 1.35. The summed E-state index contributed by atoms with van der Waals surface area (Å²) in [7, 11) is 0. The van der Waals surface area contributed by atoms with Crippen molar-refractivity contribution < 1.29 is 22.3 Å². The fourth-order valence-electron chi connectivity index (χ4n) is 8.04. The first kappa shape index (κ1) is 27.2. The van der Waals surface area contributed by atoms with E-state index in [1.807, 2.05) is 72.8 Å². The van der Waals surface area contributed by atoms with E-state index in [1.165, 1.54) is 12.1 Å². The number of ether oxygens (including phenoxy) is 1. The summed E-state index contributed by atoms with van der Waals surface area (Å²) in [5.74, 6) is -4.39. The molecule has 1 spiro atoms. The van der Waals surface area contributed by atoms with Crippen LogP contribution in [0.5, 0.6) is 11.5 Å². The smallest absolute Gasteiger partial charge is 0.170 e. The Bertz CT molecular complexity index is 2180. The molecule has 3 heterocycles. The van der Waals surface area contributed by atoms with E-state index in [9.17, 15) is 0 Å². The van der Waals surface area contributed by atoms with Gasteiger partial charge in [-0.25, -0.2) is 17.6 Å². The highest BCUT2D eigenvalue weighted by molar-refractivity contribution is 5.94. The van der Waals surface area contributed by atoms with Gasteiger partial charge in [0.15, 0.2) is 28.8 Å². The summed E-state index contributed by atoms with van der Waals surface area (Å²) >= 11 is 0. The van der Waals surface area contributed by atoms with Crippen molar-refractivity contribution in [3.8, 4) is 22.6 Å². The molecule has 8 bridgehead atoms. The van der Waals surface area contributed by atoms with Gasteiger partial charge in [-0.05, 0) is 35.4 Å². The molecule has 4 aliphatic rings. The zero-order valence-corrected chi connectivity index (χ0v) is 25.2. The van der Waals surface area contributed by atoms with E-state index in [-0.39, 0.29) is 36.2 Å². The molecule has 0 saturated heterocycles. The quantitative estimate of drug-likeness (QED) is 0.154. The van der Waals surface area contributed by atoms with Crippen LogP contribution in [0.2, 0.25) is 0 Å². The van der Waals surface area contributed by atoms with Crippen molar-refractivity contribution in [1.29, 1.82) is 0 Å². The van der Waals surface area contributed by atoms with Crippen LogP contribution in [0, 0.1) is 23.3 Å². The maximum atomic E-state index is 15.9. The summed E-state index contributed by atoms with van der Waals surface area (Å²) in [4.78, 5) is 8.07. The average molecular weight is 641 g/mol. The van der Waals surface area contributed by atoms with E-state index in [1.54, 1.807) is 9.80 Å². The summed E-state index contributed by atoms with van der Waals surface area (Å²) in [6.45, 7) is 0.327. The molecule has 0 unspecified atom stereocenters. The molecule has 48 heavy (non-hydrogen) atoms. The maximum absolute atomic E-state index is 15.9. The molecule has 9 heteroatoms. The highest BCUT2D eigenvalue weighted by atomic mass is 19.1. The van der Waals surface area contributed by atoms with Crippen LogP contribution in [0.4, 0.5) is 51.7 Å². The van der Waals surface area contributed by atoms with Gasteiger partial charge in [-0.3, -0.25) is 0 Å². The molecule has 0 aromatic heterocycles. The van der Waals surface area contributed by atoms with Crippen LogP contribution in [0.3, 0.4) is 0 Å². The molecule has 234 valence electrons. The van der Waals surface area contributed by atoms with Crippen molar-refractivity contribution in [1.82, 2.24) is 0 Å². The zero-order valence-electron chi connectivity index (χ0n) is 25.2. The summed E-state index contributed by atoms with van der Waals surface area (Å²) in [6, 6.07) is 35.8. The molecule has 0 amide bonds. The topological polar surface area (TPSA) is 22.2 Å².